The minimum absolute atomic E-state index is 0.00494. The first-order valence-corrected chi connectivity index (χ1v) is 7.01. The highest BCUT2D eigenvalue weighted by atomic mass is 32.2. The molecular weight excluding hydrogens is 278 g/mol. The molecule has 1 aromatic rings. The highest BCUT2D eigenvalue weighted by Gasteiger charge is 2.09. The topological polar surface area (TPSA) is 87.2 Å². The summed E-state index contributed by atoms with van der Waals surface area (Å²) in [6, 6.07) is 8.24. The summed E-state index contributed by atoms with van der Waals surface area (Å²) >= 11 is 1.48. The number of hydrogen-bond acceptors (Lipinski definition) is 5. The zero-order valence-corrected chi connectivity index (χ0v) is 11.9. The molecule has 0 atom stereocenters. The zero-order chi connectivity index (χ0) is 15.0. The van der Waals surface area contributed by atoms with E-state index in [1.54, 1.807) is 24.1 Å². The standard InChI is InChI=1S/C13H15N3O3S/c1-15(9-2-8-14)13(17)7-10-20-12-5-3-11(4-6-12)16(18)19/h3-6H,2,7,9-10H2,1H3. The Morgan fingerprint density at radius 2 is 2.10 bits per heavy atom. The van der Waals surface area contributed by atoms with Crippen LogP contribution in [0.4, 0.5) is 5.69 Å². The smallest absolute Gasteiger partial charge is 0.269 e. The summed E-state index contributed by atoms with van der Waals surface area (Å²) in [6.07, 6.45) is 0.710. The summed E-state index contributed by atoms with van der Waals surface area (Å²) < 4.78 is 0. The molecule has 0 saturated carbocycles. The fourth-order valence-corrected chi connectivity index (χ4v) is 2.29. The van der Waals surface area contributed by atoms with Gasteiger partial charge in [0.2, 0.25) is 5.91 Å². The first-order chi connectivity index (χ1) is 9.54. The fourth-order valence-electron chi connectivity index (χ4n) is 1.45. The lowest BCUT2D eigenvalue weighted by Gasteiger charge is -2.14. The molecule has 0 unspecified atom stereocenters. The van der Waals surface area contributed by atoms with E-state index in [2.05, 4.69) is 0 Å². The highest BCUT2D eigenvalue weighted by molar-refractivity contribution is 7.99. The molecule has 1 amide bonds. The first kappa shape index (κ1) is 16.0. The maximum absolute atomic E-state index is 11.7. The molecule has 106 valence electrons. The monoisotopic (exact) mass is 293 g/mol. The maximum atomic E-state index is 11.7. The van der Waals surface area contributed by atoms with Crippen LogP contribution in [-0.4, -0.2) is 35.1 Å². The Kier molecular flexibility index (Phi) is 6.53. The predicted molar refractivity (Wildman–Crippen MR) is 76.3 cm³/mol. The van der Waals surface area contributed by atoms with Crippen LogP contribution in [0, 0.1) is 21.4 Å². The number of benzene rings is 1. The van der Waals surface area contributed by atoms with E-state index in [1.807, 2.05) is 6.07 Å². The van der Waals surface area contributed by atoms with Gasteiger partial charge in [-0.25, -0.2) is 0 Å². The molecular formula is C13H15N3O3S. The second kappa shape index (κ2) is 8.17. The second-order valence-corrected chi connectivity index (χ2v) is 5.24. The molecule has 0 aliphatic carbocycles. The van der Waals surface area contributed by atoms with Crippen molar-refractivity contribution >= 4 is 23.4 Å². The van der Waals surface area contributed by atoms with Gasteiger partial charge in [-0.1, -0.05) is 0 Å². The third-order valence-corrected chi connectivity index (χ3v) is 3.63. The minimum Gasteiger partial charge on any atom is -0.345 e. The molecule has 0 N–H and O–H groups in total. The number of hydrogen-bond donors (Lipinski definition) is 0. The fraction of sp³-hybridized carbons (Fsp3) is 0.385. The molecule has 0 aromatic heterocycles. The van der Waals surface area contributed by atoms with Crippen LogP contribution in [-0.2, 0) is 4.79 Å². The Labute approximate surface area is 121 Å². The zero-order valence-electron chi connectivity index (χ0n) is 11.1. The second-order valence-electron chi connectivity index (χ2n) is 4.07. The molecule has 0 spiro atoms. The van der Waals surface area contributed by atoms with Crippen LogP contribution in [0.1, 0.15) is 12.8 Å². The quantitative estimate of drug-likeness (QED) is 0.438. The molecule has 20 heavy (non-hydrogen) atoms. The number of amides is 1. The summed E-state index contributed by atoms with van der Waals surface area (Å²) in [6.45, 7) is 0.442. The molecule has 7 heteroatoms. The lowest BCUT2D eigenvalue weighted by atomic mass is 10.3. The molecule has 0 aliphatic rings. The summed E-state index contributed by atoms with van der Waals surface area (Å²) in [5, 5.41) is 18.9. The number of thioether (sulfide) groups is 1. The van der Waals surface area contributed by atoms with Crippen molar-refractivity contribution in [1.29, 1.82) is 5.26 Å². The van der Waals surface area contributed by atoms with E-state index in [0.717, 1.165) is 4.90 Å². The van der Waals surface area contributed by atoms with Crippen molar-refractivity contribution < 1.29 is 9.72 Å². The van der Waals surface area contributed by atoms with Gasteiger partial charge in [-0.3, -0.25) is 14.9 Å². The van der Waals surface area contributed by atoms with Crippen LogP contribution in [0.15, 0.2) is 29.2 Å². The highest BCUT2D eigenvalue weighted by Crippen LogP contribution is 2.22. The Morgan fingerprint density at radius 3 is 2.65 bits per heavy atom. The van der Waals surface area contributed by atoms with Gasteiger partial charge in [0, 0.05) is 42.8 Å². The van der Waals surface area contributed by atoms with Gasteiger partial charge >= 0.3 is 0 Å². The van der Waals surface area contributed by atoms with Gasteiger partial charge in [0.25, 0.3) is 5.69 Å². The number of nitriles is 1. The third-order valence-electron chi connectivity index (χ3n) is 2.62. The van der Waals surface area contributed by atoms with Crippen LogP contribution in [0.2, 0.25) is 0 Å². The number of carbonyl (C=O) groups is 1. The van der Waals surface area contributed by atoms with E-state index in [9.17, 15) is 14.9 Å². The Hall–Kier alpha value is -2.07. The van der Waals surface area contributed by atoms with E-state index in [-0.39, 0.29) is 11.6 Å². The third kappa shape index (κ3) is 5.28. The van der Waals surface area contributed by atoms with E-state index >= 15 is 0 Å². The van der Waals surface area contributed by atoms with Crippen LogP contribution in [0.3, 0.4) is 0 Å². The Balaban J connectivity index is 2.35. The lowest BCUT2D eigenvalue weighted by Crippen LogP contribution is -2.27. The van der Waals surface area contributed by atoms with Crippen LogP contribution in [0.5, 0.6) is 0 Å². The summed E-state index contributed by atoms with van der Waals surface area (Å²) in [4.78, 5) is 24.2. The van der Waals surface area contributed by atoms with Crippen LogP contribution < -0.4 is 0 Å². The van der Waals surface area contributed by atoms with Crippen molar-refractivity contribution in [2.75, 3.05) is 19.3 Å². The minimum atomic E-state index is -0.442. The average Bonchev–Trinajstić information content (AvgIpc) is 2.45. The summed E-state index contributed by atoms with van der Waals surface area (Å²) in [5.41, 5.74) is 0.0571. The number of carbonyl (C=O) groups excluding carboxylic acids is 1. The molecule has 1 aromatic carbocycles. The Morgan fingerprint density at radius 1 is 1.45 bits per heavy atom. The van der Waals surface area contributed by atoms with Gasteiger partial charge in [-0.05, 0) is 12.1 Å². The Bertz CT molecular complexity index is 511. The van der Waals surface area contributed by atoms with Crippen molar-refractivity contribution in [3.63, 3.8) is 0 Å². The molecule has 0 bridgehead atoms. The van der Waals surface area contributed by atoms with Gasteiger partial charge in [-0.15, -0.1) is 11.8 Å². The van der Waals surface area contributed by atoms with Crippen molar-refractivity contribution in [1.82, 2.24) is 4.90 Å². The maximum Gasteiger partial charge on any atom is 0.269 e. The van der Waals surface area contributed by atoms with Gasteiger partial charge in [0.15, 0.2) is 0 Å². The molecule has 0 heterocycles. The normalized spacial score (nSPS) is 9.80. The molecule has 0 saturated heterocycles. The van der Waals surface area contributed by atoms with Crippen LogP contribution in [0.25, 0.3) is 0 Å². The van der Waals surface area contributed by atoms with Crippen LogP contribution >= 0.6 is 11.8 Å². The molecule has 0 radical (unpaired) electrons. The molecule has 1 rings (SSSR count). The van der Waals surface area contributed by atoms with Crippen molar-refractivity contribution in [3.05, 3.63) is 34.4 Å². The molecule has 0 fully saturated rings. The van der Waals surface area contributed by atoms with Gasteiger partial charge in [-0.2, -0.15) is 5.26 Å². The first-order valence-electron chi connectivity index (χ1n) is 6.02. The van der Waals surface area contributed by atoms with E-state index in [0.29, 0.717) is 25.1 Å². The SMILES string of the molecule is CN(CCC#N)C(=O)CCSc1ccc([N+](=O)[O-])cc1. The molecule has 6 nitrogen and oxygen atoms in total. The van der Waals surface area contributed by atoms with E-state index in [4.69, 9.17) is 5.26 Å². The summed E-state index contributed by atoms with van der Waals surface area (Å²) in [7, 11) is 1.68. The summed E-state index contributed by atoms with van der Waals surface area (Å²) in [5.74, 6) is 0.600. The number of nitrogens with zero attached hydrogens (tertiary/aromatic N) is 3. The average molecular weight is 293 g/mol. The lowest BCUT2D eigenvalue weighted by molar-refractivity contribution is -0.384. The van der Waals surface area contributed by atoms with Crippen molar-refractivity contribution in [3.8, 4) is 6.07 Å². The van der Waals surface area contributed by atoms with Crippen molar-refractivity contribution in [2.45, 2.75) is 17.7 Å². The number of non-ortho nitro benzene ring substituents is 1. The van der Waals surface area contributed by atoms with Crippen molar-refractivity contribution in [2.24, 2.45) is 0 Å². The van der Waals surface area contributed by atoms with Gasteiger partial charge < -0.3 is 4.90 Å². The number of nitro benzene ring substituents is 1. The largest absolute Gasteiger partial charge is 0.345 e. The number of nitro groups is 1. The molecule has 0 aliphatic heterocycles. The van der Waals surface area contributed by atoms with E-state index < -0.39 is 4.92 Å². The van der Waals surface area contributed by atoms with Gasteiger partial charge in [0.1, 0.15) is 0 Å². The predicted octanol–water partition coefficient (Wildman–Crippen LogP) is 2.45. The van der Waals surface area contributed by atoms with Gasteiger partial charge in [0.05, 0.1) is 17.4 Å². The number of rotatable bonds is 7. The van der Waals surface area contributed by atoms with E-state index in [1.165, 1.54) is 23.9 Å².